The van der Waals surface area contributed by atoms with Gasteiger partial charge >= 0.3 is 0 Å². The van der Waals surface area contributed by atoms with Gasteiger partial charge in [-0.1, -0.05) is 13.3 Å². The van der Waals surface area contributed by atoms with E-state index in [0.29, 0.717) is 6.04 Å². The molecule has 0 spiro atoms. The first-order valence-electron chi connectivity index (χ1n) is 6.36. The van der Waals surface area contributed by atoms with Gasteiger partial charge in [0.05, 0.1) is 5.25 Å². The van der Waals surface area contributed by atoms with Gasteiger partial charge < -0.3 is 10.6 Å². The molecule has 0 saturated carbocycles. The van der Waals surface area contributed by atoms with E-state index in [-0.39, 0.29) is 23.6 Å². The van der Waals surface area contributed by atoms with Gasteiger partial charge in [0.2, 0.25) is 5.91 Å². The molecule has 2 atom stereocenters. The standard InChI is InChI=1S/C12H24N2OS.ClH/c1-3-4-8-16-10(2)12(15)14-9-11-6-5-7-13-11;/h10-11,13H,3-9H2,1-2H3,(H,14,15);1H. The Kier molecular flexibility index (Phi) is 10.1. The summed E-state index contributed by atoms with van der Waals surface area (Å²) in [6, 6.07) is 0.497. The molecule has 1 saturated heterocycles. The van der Waals surface area contributed by atoms with Crippen molar-refractivity contribution >= 4 is 30.1 Å². The summed E-state index contributed by atoms with van der Waals surface area (Å²) in [5.74, 6) is 1.28. The van der Waals surface area contributed by atoms with E-state index in [1.54, 1.807) is 11.8 Å². The molecule has 1 aliphatic heterocycles. The minimum atomic E-state index is 0. The van der Waals surface area contributed by atoms with Gasteiger partial charge in [-0.25, -0.2) is 0 Å². The summed E-state index contributed by atoms with van der Waals surface area (Å²) in [6.45, 7) is 6.06. The number of carbonyl (C=O) groups excluding carboxylic acids is 1. The second-order valence-electron chi connectivity index (χ2n) is 4.41. The zero-order valence-corrected chi connectivity index (χ0v) is 12.5. The van der Waals surface area contributed by atoms with Crippen molar-refractivity contribution in [1.82, 2.24) is 10.6 Å². The number of halogens is 1. The van der Waals surface area contributed by atoms with Crippen molar-refractivity contribution < 1.29 is 4.79 Å². The average molecular weight is 281 g/mol. The van der Waals surface area contributed by atoms with Crippen LogP contribution in [0.5, 0.6) is 0 Å². The lowest BCUT2D eigenvalue weighted by Gasteiger charge is -2.15. The average Bonchev–Trinajstić information content (AvgIpc) is 2.79. The highest BCUT2D eigenvalue weighted by Gasteiger charge is 2.17. The fraction of sp³-hybridized carbons (Fsp3) is 0.917. The summed E-state index contributed by atoms with van der Waals surface area (Å²) in [4.78, 5) is 11.7. The lowest BCUT2D eigenvalue weighted by Crippen LogP contribution is -2.40. The Morgan fingerprint density at radius 2 is 2.35 bits per heavy atom. The molecule has 102 valence electrons. The van der Waals surface area contributed by atoms with Crippen LogP contribution in [0.2, 0.25) is 0 Å². The smallest absolute Gasteiger partial charge is 0.232 e. The van der Waals surface area contributed by atoms with Crippen LogP contribution in [-0.4, -0.2) is 36.0 Å². The molecule has 2 N–H and O–H groups in total. The third-order valence-corrected chi connectivity index (χ3v) is 4.16. The molecular formula is C12H25ClN2OS. The maximum Gasteiger partial charge on any atom is 0.232 e. The van der Waals surface area contributed by atoms with Crippen molar-refractivity contribution in [3.05, 3.63) is 0 Å². The predicted octanol–water partition coefficient (Wildman–Crippen LogP) is 2.20. The largest absolute Gasteiger partial charge is 0.354 e. The van der Waals surface area contributed by atoms with E-state index in [9.17, 15) is 4.79 Å². The normalized spacial score (nSPS) is 20.7. The maximum atomic E-state index is 11.7. The Morgan fingerprint density at radius 3 is 2.94 bits per heavy atom. The molecule has 3 nitrogen and oxygen atoms in total. The third-order valence-electron chi connectivity index (χ3n) is 2.92. The minimum Gasteiger partial charge on any atom is -0.354 e. The number of hydrogen-bond acceptors (Lipinski definition) is 3. The summed E-state index contributed by atoms with van der Waals surface area (Å²) in [6.07, 6.45) is 4.83. The first-order chi connectivity index (χ1) is 7.74. The summed E-state index contributed by atoms with van der Waals surface area (Å²) < 4.78 is 0. The lowest BCUT2D eigenvalue weighted by molar-refractivity contribution is -0.120. The Hall–Kier alpha value is 0.0700. The Morgan fingerprint density at radius 1 is 1.59 bits per heavy atom. The molecule has 1 heterocycles. The molecule has 0 aromatic rings. The second kappa shape index (κ2) is 10.0. The highest BCUT2D eigenvalue weighted by molar-refractivity contribution is 8.00. The van der Waals surface area contributed by atoms with Crippen LogP contribution in [0.4, 0.5) is 0 Å². The van der Waals surface area contributed by atoms with Gasteiger partial charge in [-0.05, 0) is 38.5 Å². The van der Waals surface area contributed by atoms with Crippen LogP contribution in [0.15, 0.2) is 0 Å². The van der Waals surface area contributed by atoms with Crippen LogP contribution in [-0.2, 0) is 4.79 Å². The summed E-state index contributed by atoms with van der Waals surface area (Å²) in [5.41, 5.74) is 0. The van der Waals surface area contributed by atoms with Crippen molar-refractivity contribution in [2.24, 2.45) is 0 Å². The van der Waals surface area contributed by atoms with E-state index < -0.39 is 0 Å². The number of rotatable bonds is 7. The monoisotopic (exact) mass is 280 g/mol. The zero-order valence-electron chi connectivity index (χ0n) is 10.8. The third kappa shape index (κ3) is 7.17. The summed E-state index contributed by atoms with van der Waals surface area (Å²) in [5, 5.41) is 6.50. The first-order valence-corrected chi connectivity index (χ1v) is 7.41. The van der Waals surface area contributed by atoms with Crippen molar-refractivity contribution in [3.63, 3.8) is 0 Å². The molecule has 1 amide bonds. The highest BCUT2D eigenvalue weighted by Crippen LogP contribution is 2.12. The molecule has 0 radical (unpaired) electrons. The SMILES string of the molecule is CCCCSC(C)C(=O)NCC1CCCN1.Cl. The van der Waals surface area contributed by atoms with Crippen molar-refractivity contribution in [2.45, 2.75) is 50.8 Å². The van der Waals surface area contributed by atoms with Crippen LogP contribution in [0.3, 0.4) is 0 Å². The van der Waals surface area contributed by atoms with Gasteiger partial charge in [0.1, 0.15) is 0 Å². The Balaban J connectivity index is 0.00000256. The second-order valence-corrected chi connectivity index (χ2v) is 5.85. The fourth-order valence-electron chi connectivity index (χ4n) is 1.78. The highest BCUT2D eigenvalue weighted by atomic mass is 35.5. The molecule has 1 aliphatic rings. The molecule has 0 aromatic heterocycles. The van der Waals surface area contributed by atoms with Gasteiger partial charge in [0.15, 0.2) is 0 Å². The zero-order chi connectivity index (χ0) is 11.8. The molecule has 1 fully saturated rings. The van der Waals surface area contributed by atoms with E-state index in [1.165, 1.54) is 25.7 Å². The van der Waals surface area contributed by atoms with Gasteiger partial charge in [-0.3, -0.25) is 4.79 Å². The summed E-state index contributed by atoms with van der Waals surface area (Å²) in [7, 11) is 0. The number of amides is 1. The minimum absolute atomic E-state index is 0. The number of carbonyl (C=O) groups is 1. The molecule has 0 aliphatic carbocycles. The molecule has 2 unspecified atom stereocenters. The van der Waals surface area contributed by atoms with Gasteiger partial charge in [0.25, 0.3) is 0 Å². The first kappa shape index (κ1) is 17.1. The number of nitrogens with one attached hydrogen (secondary N) is 2. The van der Waals surface area contributed by atoms with Crippen LogP contribution in [0.25, 0.3) is 0 Å². The number of thioether (sulfide) groups is 1. The Bertz CT molecular complexity index is 211. The van der Waals surface area contributed by atoms with E-state index in [1.807, 2.05) is 6.92 Å². The van der Waals surface area contributed by atoms with Gasteiger partial charge in [0, 0.05) is 12.6 Å². The van der Waals surface area contributed by atoms with E-state index in [0.717, 1.165) is 18.8 Å². The van der Waals surface area contributed by atoms with Crippen molar-refractivity contribution in [3.8, 4) is 0 Å². The molecular weight excluding hydrogens is 256 g/mol. The van der Waals surface area contributed by atoms with Gasteiger partial charge in [-0.2, -0.15) is 0 Å². The van der Waals surface area contributed by atoms with Crippen molar-refractivity contribution in [2.75, 3.05) is 18.8 Å². The fourth-order valence-corrected chi connectivity index (χ4v) is 2.82. The molecule has 5 heteroatoms. The van der Waals surface area contributed by atoms with Crippen LogP contribution in [0.1, 0.15) is 39.5 Å². The topological polar surface area (TPSA) is 41.1 Å². The Labute approximate surface area is 115 Å². The van der Waals surface area contributed by atoms with Gasteiger partial charge in [-0.15, -0.1) is 24.2 Å². The van der Waals surface area contributed by atoms with Crippen LogP contribution < -0.4 is 10.6 Å². The van der Waals surface area contributed by atoms with E-state index in [2.05, 4.69) is 17.6 Å². The summed E-state index contributed by atoms with van der Waals surface area (Å²) >= 11 is 1.76. The molecule has 1 rings (SSSR count). The maximum absolute atomic E-state index is 11.7. The van der Waals surface area contributed by atoms with E-state index in [4.69, 9.17) is 0 Å². The quantitative estimate of drug-likeness (QED) is 0.703. The lowest BCUT2D eigenvalue weighted by atomic mass is 10.2. The predicted molar refractivity (Wildman–Crippen MR) is 78.1 cm³/mol. The van der Waals surface area contributed by atoms with E-state index >= 15 is 0 Å². The molecule has 0 bridgehead atoms. The van der Waals surface area contributed by atoms with Crippen molar-refractivity contribution in [1.29, 1.82) is 0 Å². The molecule has 0 aromatic carbocycles. The molecule has 17 heavy (non-hydrogen) atoms. The van der Waals surface area contributed by atoms with Crippen LogP contribution in [0, 0.1) is 0 Å². The number of unbranched alkanes of at least 4 members (excludes halogenated alkanes) is 1. The number of hydrogen-bond donors (Lipinski definition) is 2. The van der Waals surface area contributed by atoms with Crippen LogP contribution >= 0.6 is 24.2 Å².